The molecule has 0 spiro atoms. The second-order valence-corrected chi connectivity index (χ2v) is 5.35. The van der Waals surface area contributed by atoms with Gasteiger partial charge in [0.15, 0.2) is 0 Å². The molecule has 0 saturated heterocycles. The molecule has 88 valence electrons. The molecule has 0 bridgehead atoms. The molecule has 0 radical (unpaired) electrons. The molecule has 0 aromatic heterocycles. The van der Waals surface area contributed by atoms with E-state index in [1.54, 1.807) is 25.3 Å². The van der Waals surface area contributed by atoms with Crippen molar-refractivity contribution < 1.29 is 9.84 Å². The third-order valence-corrected chi connectivity index (χ3v) is 3.75. The van der Waals surface area contributed by atoms with Crippen LogP contribution in [0.5, 0.6) is 5.75 Å². The zero-order chi connectivity index (χ0) is 12.1. The lowest BCUT2D eigenvalue weighted by molar-refractivity contribution is -0.207. The molecule has 0 fully saturated rings. The Morgan fingerprint density at radius 2 is 2.19 bits per heavy atom. The van der Waals surface area contributed by atoms with E-state index in [4.69, 9.17) is 16.3 Å². The molecule has 1 aromatic carbocycles. The molecule has 0 aliphatic rings. The summed E-state index contributed by atoms with van der Waals surface area (Å²) in [4.78, 5) is 0. The molecule has 0 aliphatic carbocycles. The lowest BCUT2D eigenvalue weighted by Crippen LogP contribution is -2.18. The Morgan fingerprint density at radius 3 is 2.75 bits per heavy atom. The van der Waals surface area contributed by atoms with Crippen molar-refractivity contribution in [3.05, 3.63) is 28.8 Å². The predicted octanol–water partition coefficient (Wildman–Crippen LogP) is 2.79. The monoisotopic (exact) mass is 257 g/mol. The van der Waals surface area contributed by atoms with E-state index in [0.717, 1.165) is 14.4 Å². The molecule has 0 N–H and O–H groups in total. The van der Waals surface area contributed by atoms with Gasteiger partial charge in [0.05, 0.1) is 12.1 Å². The van der Waals surface area contributed by atoms with Gasteiger partial charge in [-0.15, -0.1) is 13.7 Å². The van der Waals surface area contributed by atoms with Gasteiger partial charge < -0.3 is 9.84 Å². The smallest absolute Gasteiger partial charge is 0.126 e. The van der Waals surface area contributed by atoms with Crippen LogP contribution in [-0.4, -0.2) is 18.8 Å². The summed E-state index contributed by atoms with van der Waals surface area (Å²) in [6.45, 7) is 4.17. The predicted molar refractivity (Wildman–Crippen MR) is 68.7 cm³/mol. The maximum Gasteiger partial charge on any atom is 0.126 e. The normalized spacial score (nSPS) is 12.0. The highest BCUT2D eigenvalue weighted by Gasteiger charge is 2.06. The van der Waals surface area contributed by atoms with Crippen LogP contribution >= 0.6 is 19.8 Å². The van der Waals surface area contributed by atoms with E-state index in [-0.39, 0.29) is 5.48 Å². The fraction of sp³-hybridized carbons (Fsp3) is 0.417. The number of halogens is 1. The van der Waals surface area contributed by atoms with Crippen LogP contribution < -0.4 is 9.84 Å². The minimum absolute atomic E-state index is 0.0242. The highest BCUT2D eigenvalue weighted by molar-refractivity contribution is 7.40. The molecule has 0 saturated carbocycles. The van der Waals surface area contributed by atoms with Gasteiger partial charge in [0, 0.05) is 5.56 Å². The standard InChI is InChI=1S/C12H16ClO2P/c1-8(2)7-16-12(14)11-9(13)5-4-6-10(11)15-3/h4-6,8,14H,7H2,1-3H3/p-1. The molecule has 0 unspecified atom stereocenters. The van der Waals surface area contributed by atoms with Crippen molar-refractivity contribution in [1.29, 1.82) is 0 Å². The fourth-order valence-electron chi connectivity index (χ4n) is 1.23. The summed E-state index contributed by atoms with van der Waals surface area (Å²) in [5, 5.41) is 12.4. The fourth-order valence-corrected chi connectivity index (χ4v) is 2.46. The number of rotatable bonds is 4. The van der Waals surface area contributed by atoms with Gasteiger partial charge in [0.2, 0.25) is 0 Å². The second-order valence-electron chi connectivity index (χ2n) is 3.86. The van der Waals surface area contributed by atoms with E-state index < -0.39 is 0 Å². The van der Waals surface area contributed by atoms with Crippen LogP contribution in [0.25, 0.3) is 0 Å². The van der Waals surface area contributed by atoms with Crippen molar-refractivity contribution in [3.63, 3.8) is 0 Å². The van der Waals surface area contributed by atoms with Crippen LogP contribution in [0.1, 0.15) is 19.4 Å². The van der Waals surface area contributed by atoms with Crippen LogP contribution in [0.4, 0.5) is 0 Å². The first kappa shape index (κ1) is 13.5. The number of benzene rings is 1. The number of methoxy groups -OCH3 is 1. The van der Waals surface area contributed by atoms with Crippen molar-refractivity contribution in [1.82, 2.24) is 0 Å². The molecule has 0 atom stereocenters. The van der Waals surface area contributed by atoms with Gasteiger partial charge in [-0.2, -0.15) is 0 Å². The summed E-state index contributed by atoms with van der Waals surface area (Å²) in [7, 11) is 2.31. The molecule has 1 aromatic rings. The van der Waals surface area contributed by atoms with Gasteiger partial charge in [0.1, 0.15) is 5.75 Å². The van der Waals surface area contributed by atoms with E-state index in [0.29, 0.717) is 22.3 Å². The van der Waals surface area contributed by atoms with Crippen LogP contribution in [-0.2, 0) is 0 Å². The third-order valence-electron chi connectivity index (χ3n) is 2.01. The van der Waals surface area contributed by atoms with Crippen molar-refractivity contribution in [2.24, 2.45) is 5.92 Å². The van der Waals surface area contributed by atoms with Gasteiger partial charge in [-0.25, -0.2) is 0 Å². The topological polar surface area (TPSA) is 32.3 Å². The van der Waals surface area contributed by atoms with Crippen molar-refractivity contribution in [2.45, 2.75) is 13.8 Å². The maximum absolute atomic E-state index is 12.0. The molecule has 1 rings (SSSR count). The summed E-state index contributed by atoms with van der Waals surface area (Å²) in [5.41, 5.74) is 0.519. The molecular weight excluding hydrogens is 243 g/mol. The quantitative estimate of drug-likeness (QED) is 0.777. The van der Waals surface area contributed by atoms with Crippen LogP contribution in [0, 0.1) is 5.92 Å². The summed E-state index contributed by atoms with van der Waals surface area (Å²) in [6.07, 6.45) is 0.840. The lowest BCUT2D eigenvalue weighted by Gasteiger charge is -2.17. The maximum atomic E-state index is 12.0. The first-order chi connectivity index (χ1) is 7.56. The number of hydrogen-bond donors (Lipinski definition) is 0. The minimum atomic E-state index is 0.0242. The zero-order valence-electron chi connectivity index (χ0n) is 9.66. The van der Waals surface area contributed by atoms with E-state index in [1.165, 1.54) is 0 Å². The molecule has 0 heterocycles. The molecular formula is C12H15ClO2P-. The van der Waals surface area contributed by atoms with Gasteiger partial charge in [-0.05, 0) is 24.2 Å². The Hall–Kier alpha value is -0.560. The average Bonchev–Trinajstić information content (AvgIpc) is 2.25. The van der Waals surface area contributed by atoms with E-state index in [2.05, 4.69) is 13.8 Å². The highest BCUT2D eigenvalue weighted by Crippen LogP contribution is 2.27. The van der Waals surface area contributed by atoms with E-state index in [9.17, 15) is 5.11 Å². The first-order valence-electron chi connectivity index (χ1n) is 5.10. The van der Waals surface area contributed by atoms with E-state index in [1.807, 2.05) is 0 Å². The average molecular weight is 258 g/mol. The Kier molecular flexibility index (Phi) is 5.27. The summed E-state index contributed by atoms with van der Waals surface area (Å²) < 4.78 is 5.14. The van der Waals surface area contributed by atoms with Gasteiger partial charge in [-0.3, -0.25) is 0 Å². The number of ether oxygens (including phenoxy) is 1. The van der Waals surface area contributed by atoms with Gasteiger partial charge in [0.25, 0.3) is 0 Å². The van der Waals surface area contributed by atoms with Gasteiger partial charge in [-0.1, -0.05) is 31.5 Å². The summed E-state index contributed by atoms with van der Waals surface area (Å²) in [6, 6.07) is 5.24. The van der Waals surface area contributed by atoms with E-state index >= 15 is 0 Å². The lowest BCUT2D eigenvalue weighted by atomic mass is 10.2. The first-order valence-corrected chi connectivity index (χ1v) is 6.56. The molecule has 0 amide bonds. The van der Waals surface area contributed by atoms with Crippen molar-refractivity contribution in [3.8, 4) is 5.75 Å². The third kappa shape index (κ3) is 3.48. The summed E-state index contributed by atoms with van der Waals surface area (Å²) in [5.74, 6) is 1.05. The van der Waals surface area contributed by atoms with Crippen LogP contribution in [0.2, 0.25) is 5.02 Å². The van der Waals surface area contributed by atoms with Crippen molar-refractivity contribution >= 4 is 25.3 Å². The largest absolute Gasteiger partial charge is 0.823 e. The van der Waals surface area contributed by atoms with Crippen LogP contribution in [0.15, 0.2) is 18.2 Å². The van der Waals surface area contributed by atoms with Gasteiger partial charge >= 0.3 is 0 Å². The van der Waals surface area contributed by atoms with Crippen LogP contribution in [0.3, 0.4) is 0 Å². The number of hydrogen-bond acceptors (Lipinski definition) is 2. The Bertz CT molecular complexity index is 389. The Labute approximate surface area is 103 Å². The SMILES string of the molecule is COc1cccc(Cl)c1C([O-])=PCC(C)C. The molecule has 16 heavy (non-hydrogen) atoms. The molecule has 0 aliphatic heterocycles. The molecule has 4 heteroatoms. The second kappa shape index (κ2) is 6.24. The summed E-state index contributed by atoms with van der Waals surface area (Å²) >= 11 is 6.01. The Balaban J connectivity index is 3.06. The molecule has 2 nitrogen and oxygen atoms in total. The minimum Gasteiger partial charge on any atom is -0.823 e. The Morgan fingerprint density at radius 1 is 1.50 bits per heavy atom. The zero-order valence-corrected chi connectivity index (χ0v) is 11.3. The highest BCUT2D eigenvalue weighted by atomic mass is 35.5. The van der Waals surface area contributed by atoms with Crippen molar-refractivity contribution in [2.75, 3.05) is 13.3 Å².